The van der Waals surface area contributed by atoms with Gasteiger partial charge in [-0.25, -0.2) is 8.42 Å². The third kappa shape index (κ3) is 6.21. The van der Waals surface area contributed by atoms with Crippen LogP contribution in [-0.4, -0.2) is 64.8 Å². The lowest BCUT2D eigenvalue weighted by Gasteiger charge is -2.21. The number of guanidine groups is 1. The SMILES string of the molecule is CN=C(NCCc1ccc(S(C)(=O)=O)cc1)NC1CCN(CC2CCCC2)C1. The van der Waals surface area contributed by atoms with Gasteiger partial charge in [-0.2, -0.15) is 0 Å². The van der Waals surface area contributed by atoms with Crippen molar-refractivity contribution in [2.45, 2.75) is 49.5 Å². The van der Waals surface area contributed by atoms with Crippen molar-refractivity contribution >= 4 is 15.8 Å². The average molecular weight is 407 g/mol. The molecular weight excluding hydrogens is 372 g/mol. The first-order valence-electron chi connectivity index (χ1n) is 10.4. The number of likely N-dealkylation sites (tertiary alicyclic amines) is 1. The third-order valence-corrected chi connectivity index (χ3v) is 7.01. The first-order chi connectivity index (χ1) is 13.4. The predicted molar refractivity (Wildman–Crippen MR) is 115 cm³/mol. The fourth-order valence-electron chi connectivity index (χ4n) is 4.29. The van der Waals surface area contributed by atoms with Gasteiger partial charge in [0.25, 0.3) is 0 Å². The number of benzene rings is 1. The number of rotatable bonds is 7. The Morgan fingerprint density at radius 2 is 1.89 bits per heavy atom. The van der Waals surface area contributed by atoms with Crippen LogP contribution in [0.5, 0.6) is 0 Å². The Balaban J connectivity index is 1.39. The molecule has 0 bridgehead atoms. The first-order valence-corrected chi connectivity index (χ1v) is 12.3. The molecule has 3 rings (SSSR count). The molecule has 1 aliphatic heterocycles. The van der Waals surface area contributed by atoms with Gasteiger partial charge in [-0.1, -0.05) is 25.0 Å². The summed E-state index contributed by atoms with van der Waals surface area (Å²) in [4.78, 5) is 7.32. The highest BCUT2D eigenvalue weighted by molar-refractivity contribution is 7.90. The van der Waals surface area contributed by atoms with Crippen molar-refractivity contribution in [3.63, 3.8) is 0 Å². The summed E-state index contributed by atoms with van der Waals surface area (Å²) in [5.74, 6) is 1.76. The topological polar surface area (TPSA) is 73.8 Å². The molecule has 1 saturated carbocycles. The fraction of sp³-hybridized carbons (Fsp3) is 0.667. The Morgan fingerprint density at radius 3 is 2.54 bits per heavy atom. The number of nitrogens with one attached hydrogen (secondary N) is 2. The van der Waals surface area contributed by atoms with Crippen LogP contribution in [-0.2, 0) is 16.3 Å². The second-order valence-corrected chi connectivity index (χ2v) is 10.2. The van der Waals surface area contributed by atoms with Crippen LogP contribution in [0.4, 0.5) is 0 Å². The Morgan fingerprint density at radius 1 is 1.18 bits per heavy atom. The van der Waals surface area contributed by atoms with E-state index >= 15 is 0 Å². The van der Waals surface area contributed by atoms with Crippen molar-refractivity contribution in [2.75, 3.05) is 39.5 Å². The van der Waals surface area contributed by atoms with Crippen LogP contribution in [0.3, 0.4) is 0 Å². The Hall–Kier alpha value is -1.60. The largest absolute Gasteiger partial charge is 0.356 e. The minimum Gasteiger partial charge on any atom is -0.356 e. The van der Waals surface area contributed by atoms with E-state index in [1.54, 1.807) is 12.1 Å². The van der Waals surface area contributed by atoms with Gasteiger partial charge in [-0.05, 0) is 49.3 Å². The van der Waals surface area contributed by atoms with Crippen LogP contribution in [0.15, 0.2) is 34.2 Å². The lowest BCUT2D eigenvalue weighted by molar-refractivity contribution is 0.275. The smallest absolute Gasteiger partial charge is 0.191 e. The predicted octanol–water partition coefficient (Wildman–Crippen LogP) is 2.06. The van der Waals surface area contributed by atoms with Crippen molar-refractivity contribution in [3.05, 3.63) is 29.8 Å². The fourth-order valence-corrected chi connectivity index (χ4v) is 4.92. The van der Waals surface area contributed by atoms with Crippen molar-refractivity contribution in [3.8, 4) is 0 Å². The molecule has 2 fully saturated rings. The standard InChI is InChI=1S/C21H34N4O2S/c1-22-21(23-13-11-17-7-9-20(10-8-17)28(2,26)27)24-19-12-14-25(16-19)15-18-5-3-4-6-18/h7-10,18-19H,3-6,11-16H2,1-2H3,(H2,22,23,24). The minimum atomic E-state index is -3.13. The summed E-state index contributed by atoms with van der Waals surface area (Å²) in [5.41, 5.74) is 1.11. The van der Waals surface area contributed by atoms with Gasteiger partial charge >= 0.3 is 0 Å². The van der Waals surface area contributed by atoms with E-state index < -0.39 is 9.84 Å². The van der Waals surface area contributed by atoms with Gasteiger partial charge < -0.3 is 15.5 Å². The maximum atomic E-state index is 11.5. The molecule has 1 aliphatic carbocycles. The molecule has 2 N–H and O–H groups in total. The number of aliphatic imine (C=N–C) groups is 1. The van der Waals surface area contributed by atoms with Crippen LogP contribution in [0.1, 0.15) is 37.7 Å². The van der Waals surface area contributed by atoms with E-state index in [0.717, 1.165) is 37.0 Å². The second kappa shape index (κ2) is 9.74. The van der Waals surface area contributed by atoms with Gasteiger partial charge in [-0.3, -0.25) is 4.99 Å². The van der Waals surface area contributed by atoms with E-state index in [4.69, 9.17) is 0 Å². The zero-order valence-corrected chi connectivity index (χ0v) is 18.0. The van der Waals surface area contributed by atoms with Crippen molar-refractivity contribution < 1.29 is 8.42 Å². The van der Waals surface area contributed by atoms with E-state index in [-0.39, 0.29) is 0 Å². The van der Waals surface area contributed by atoms with Gasteiger partial charge in [0, 0.05) is 45.5 Å². The van der Waals surface area contributed by atoms with E-state index in [9.17, 15) is 8.42 Å². The average Bonchev–Trinajstić information content (AvgIpc) is 3.33. The van der Waals surface area contributed by atoms with Crippen LogP contribution in [0.2, 0.25) is 0 Å². The molecule has 7 heteroatoms. The molecule has 0 spiro atoms. The van der Waals surface area contributed by atoms with E-state index in [1.165, 1.54) is 51.4 Å². The summed E-state index contributed by atoms with van der Waals surface area (Å²) in [5, 5.41) is 6.93. The van der Waals surface area contributed by atoms with Gasteiger partial charge in [0.05, 0.1) is 4.90 Å². The number of sulfone groups is 1. The summed E-state index contributed by atoms with van der Waals surface area (Å²) in [6, 6.07) is 7.57. The lowest BCUT2D eigenvalue weighted by Crippen LogP contribution is -2.45. The van der Waals surface area contributed by atoms with E-state index in [1.807, 2.05) is 19.2 Å². The summed E-state index contributed by atoms with van der Waals surface area (Å²) < 4.78 is 23.1. The molecule has 0 aromatic heterocycles. The quantitative estimate of drug-likeness (QED) is 0.536. The first kappa shape index (κ1) is 21.1. The second-order valence-electron chi connectivity index (χ2n) is 8.21. The maximum Gasteiger partial charge on any atom is 0.191 e. The zero-order chi connectivity index (χ0) is 20.0. The molecule has 6 nitrogen and oxygen atoms in total. The molecular formula is C21H34N4O2S. The number of hydrogen-bond acceptors (Lipinski definition) is 4. The molecule has 0 radical (unpaired) electrons. The summed E-state index contributed by atoms with van der Waals surface area (Å²) in [7, 11) is -1.33. The lowest BCUT2D eigenvalue weighted by atomic mass is 10.1. The molecule has 1 heterocycles. The highest BCUT2D eigenvalue weighted by Gasteiger charge is 2.26. The Labute approximate surface area is 169 Å². The van der Waals surface area contributed by atoms with Crippen LogP contribution in [0, 0.1) is 5.92 Å². The number of hydrogen-bond donors (Lipinski definition) is 2. The summed E-state index contributed by atoms with van der Waals surface area (Å²) in [6.07, 6.45) is 8.86. The molecule has 1 atom stereocenters. The zero-order valence-electron chi connectivity index (χ0n) is 17.2. The molecule has 156 valence electrons. The normalized spacial score (nSPS) is 21.9. The highest BCUT2D eigenvalue weighted by Crippen LogP contribution is 2.26. The molecule has 28 heavy (non-hydrogen) atoms. The Bertz CT molecular complexity index is 755. The molecule has 1 saturated heterocycles. The van der Waals surface area contributed by atoms with Gasteiger partial charge in [-0.15, -0.1) is 0 Å². The number of nitrogens with zero attached hydrogens (tertiary/aromatic N) is 2. The van der Waals surface area contributed by atoms with E-state index in [2.05, 4.69) is 20.5 Å². The monoisotopic (exact) mass is 406 g/mol. The van der Waals surface area contributed by atoms with Crippen LogP contribution in [0.25, 0.3) is 0 Å². The van der Waals surface area contributed by atoms with Crippen molar-refractivity contribution in [1.29, 1.82) is 0 Å². The maximum absolute atomic E-state index is 11.5. The van der Waals surface area contributed by atoms with Gasteiger partial charge in [0.15, 0.2) is 15.8 Å². The molecule has 1 unspecified atom stereocenters. The Kier molecular flexibility index (Phi) is 7.35. The van der Waals surface area contributed by atoms with Gasteiger partial charge in [0.2, 0.25) is 0 Å². The van der Waals surface area contributed by atoms with E-state index in [0.29, 0.717) is 10.9 Å². The minimum absolute atomic E-state index is 0.366. The third-order valence-electron chi connectivity index (χ3n) is 5.89. The molecule has 1 aromatic rings. The summed E-state index contributed by atoms with van der Waals surface area (Å²) >= 11 is 0. The molecule has 2 aliphatic rings. The van der Waals surface area contributed by atoms with Gasteiger partial charge in [0.1, 0.15) is 0 Å². The molecule has 1 aromatic carbocycles. The van der Waals surface area contributed by atoms with Crippen molar-refractivity contribution in [1.82, 2.24) is 15.5 Å². The van der Waals surface area contributed by atoms with Crippen LogP contribution < -0.4 is 10.6 Å². The van der Waals surface area contributed by atoms with Crippen LogP contribution >= 0.6 is 0 Å². The highest BCUT2D eigenvalue weighted by atomic mass is 32.2. The summed E-state index contributed by atoms with van der Waals surface area (Å²) in [6.45, 7) is 4.30. The molecule has 0 amide bonds. The van der Waals surface area contributed by atoms with Crippen molar-refractivity contribution in [2.24, 2.45) is 10.9 Å².